The van der Waals surface area contributed by atoms with E-state index >= 15 is 0 Å². The van der Waals surface area contributed by atoms with Gasteiger partial charge in [-0.3, -0.25) is 0 Å². The summed E-state index contributed by atoms with van der Waals surface area (Å²) in [5.41, 5.74) is 0.299. The molecule has 0 amide bonds. The van der Waals surface area contributed by atoms with Crippen LogP contribution >= 0.6 is 11.6 Å². The molecule has 0 saturated heterocycles. The third-order valence-electron chi connectivity index (χ3n) is 2.33. The van der Waals surface area contributed by atoms with Gasteiger partial charge in [0.1, 0.15) is 17.7 Å². The molecule has 1 unspecified atom stereocenters. The molecule has 84 valence electrons. The van der Waals surface area contributed by atoms with Crippen molar-refractivity contribution < 1.29 is 13.9 Å². The highest BCUT2D eigenvalue weighted by molar-refractivity contribution is 6.31. The molecule has 16 heavy (non-hydrogen) atoms. The van der Waals surface area contributed by atoms with Gasteiger partial charge in [0, 0.05) is 17.0 Å². The fourth-order valence-corrected chi connectivity index (χ4v) is 1.74. The third-order valence-corrected chi connectivity index (χ3v) is 2.68. The van der Waals surface area contributed by atoms with Crippen LogP contribution in [-0.2, 0) is 6.42 Å². The lowest BCUT2D eigenvalue weighted by molar-refractivity contribution is 0.149. The summed E-state index contributed by atoms with van der Waals surface area (Å²) in [7, 11) is 0. The van der Waals surface area contributed by atoms with Crippen molar-refractivity contribution in [2.75, 3.05) is 0 Å². The fourth-order valence-electron chi connectivity index (χ4n) is 1.50. The number of rotatable bonds is 3. The van der Waals surface area contributed by atoms with E-state index in [-0.39, 0.29) is 6.42 Å². The van der Waals surface area contributed by atoms with E-state index in [1.165, 1.54) is 18.4 Å². The van der Waals surface area contributed by atoms with Gasteiger partial charge in [0.2, 0.25) is 0 Å². The summed E-state index contributed by atoms with van der Waals surface area (Å²) in [5, 5.41) is 10.1. The van der Waals surface area contributed by atoms with Crippen LogP contribution in [0.15, 0.2) is 41.0 Å². The molecule has 0 fully saturated rings. The Balaban J connectivity index is 2.21. The molecule has 2 aromatic rings. The second-order valence-electron chi connectivity index (χ2n) is 3.44. The smallest absolute Gasteiger partial charge is 0.132 e. The van der Waals surface area contributed by atoms with E-state index in [1.807, 2.05) is 0 Å². The third kappa shape index (κ3) is 2.26. The Morgan fingerprint density at radius 1 is 1.31 bits per heavy atom. The molecular weight excluding hydrogens is 231 g/mol. The SMILES string of the molecule is OC(Cc1c(F)cccc1Cl)c1ccco1. The van der Waals surface area contributed by atoms with E-state index in [0.717, 1.165) is 0 Å². The minimum Gasteiger partial charge on any atom is -0.467 e. The van der Waals surface area contributed by atoms with E-state index in [1.54, 1.807) is 18.2 Å². The van der Waals surface area contributed by atoms with Crippen molar-refractivity contribution in [3.63, 3.8) is 0 Å². The van der Waals surface area contributed by atoms with Gasteiger partial charge < -0.3 is 9.52 Å². The van der Waals surface area contributed by atoms with Crippen LogP contribution in [0.1, 0.15) is 17.4 Å². The summed E-state index contributed by atoms with van der Waals surface area (Å²) in [4.78, 5) is 0. The molecule has 1 heterocycles. The van der Waals surface area contributed by atoms with Crippen LogP contribution < -0.4 is 0 Å². The topological polar surface area (TPSA) is 33.4 Å². The normalized spacial score (nSPS) is 12.7. The van der Waals surface area contributed by atoms with E-state index in [2.05, 4.69) is 0 Å². The Labute approximate surface area is 97.3 Å². The van der Waals surface area contributed by atoms with Gasteiger partial charge in [-0.25, -0.2) is 4.39 Å². The van der Waals surface area contributed by atoms with Crippen LogP contribution in [0.5, 0.6) is 0 Å². The minimum atomic E-state index is -0.885. The predicted molar refractivity (Wildman–Crippen MR) is 58.8 cm³/mol. The summed E-state index contributed by atoms with van der Waals surface area (Å²) >= 11 is 5.85. The van der Waals surface area contributed by atoms with Crippen molar-refractivity contribution in [1.29, 1.82) is 0 Å². The summed E-state index contributed by atoms with van der Waals surface area (Å²) in [5.74, 6) is -0.0163. The van der Waals surface area contributed by atoms with Crippen LogP contribution in [0.4, 0.5) is 4.39 Å². The molecule has 4 heteroatoms. The number of aliphatic hydroxyl groups excluding tert-OH is 1. The van der Waals surface area contributed by atoms with Crippen LogP contribution in [0.2, 0.25) is 5.02 Å². The molecule has 0 radical (unpaired) electrons. The van der Waals surface area contributed by atoms with Gasteiger partial charge in [0.25, 0.3) is 0 Å². The van der Waals surface area contributed by atoms with Crippen LogP contribution in [0, 0.1) is 5.82 Å². The van der Waals surface area contributed by atoms with Gasteiger partial charge >= 0.3 is 0 Å². The maximum Gasteiger partial charge on any atom is 0.132 e. The molecule has 1 atom stereocenters. The van der Waals surface area contributed by atoms with E-state index in [4.69, 9.17) is 16.0 Å². The van der Waals surface area contributed by atoms with Crippen molar-refractivity contribution in [3.8, 4) is 0 Å². The van der Waals surface area contributed by atoms with Gasteiger partial charge in [-0.15, -0.1) is 0 Å². The molecule has 1 N–H and O–H groups in total. The van der Waals surface area contributed by atoms with Crippen LogP contribution in [-0.4, -0.2) is 5.11 Å². The Bertz CT molecular complexity index is 448. The summed E-state index contributed by atoms with van der Waals surface area (Å²) in [6, 6.07) is 7.74. The van der Waals surface area contributed by atoms with E-state index < -0.39 is 11.9 Å². The molecule has 2 nitrogen and oxygen atoms in total. The van der Waals surface area contributed by atoms with Crippen LogP contribution in [0.3, 0.4) is 0 Å². The van der Waals surface area contributed by atoms with Crippen molar-refractivity contribution in [3.05, 3.63) is 58.8 Å². The van der Waals surface area contributed by atoms with Gasteiger partial charge in [-0.2, -0.15) is 0 Å². The highest BCUT2D eigenvalue weighted by Gasteiger charge is 2.16. The number of halogens is 2. The molecule has 0 bridgehead atoms. The van der Waals surface area contributed by atoms with Gasteiger partial charge in [-0.05, 0) is 24.3 Å². The van der Waals surface area contributed by atoms with Gasteiger partial charge in [-0.1, -0.05) is 17.7 Å². The van der Waals surface area contributed by atoms with Crippen LogP contribution in [0.25, 0.3) is 0 Å². The summed E-state index contributed by atoms with van der Waals surface area (Å²) in [6.07, 6.45) is 0.671. The first-order valence-corrected chi connectivity index (χ1v) is 5.20. The lowest BCUT2D eigenvalue weighted by atomic mass is 10.1. The second kappa shape index (κ2) is 4.68. The fraction of sp³-hybridized carbons (Fsp3) is 0.167. The second-order valence-corrected chi connectivity index (χ2v) is 3.84. The first-order chi connectivity index (χ1) is 7.68. The van der Waals surface area contributed by atoms with Crippen molar-refractivity contribution in [1.82, 2.24) is 0 Å². The zero-order valence-corrected chi connectivity index (χ0v) is 9.12. The molecule has 0 aliphatic carbocycles. The Morgan fingerprint density at radius 2 is 2.12 bits per heavy atom. The molecule has 1 aromatic carbocycles. The molecule has 0 saturated carbocycles. The molecule has 0 aliphatic rings. The van der Waals surface area contributed by atoms with Crippen molar-refractivity contribution in [2.45, 2.75) is 12.5 Å². The Kier molecular flexibility index (Phi) is 3.27. The lowest BCUT2D eigenvalue weighted by Gasteiger charge is -2.10. The number of aliphatic hydroxyl groups is 1. The lowest BCUT2D eigenvalue weighted by Crippen LogP contribution is -2.03. The van der Waals surface area contributed by atoms with Gasteiger partial charge in [0.15, 0.2) is 0 Å². The first-order valence-electron chi connectivity index (χ1n) is 4.83. The average Bonchev–Trinajstić information content (AvgIpc) is 2.76. The molecule has 0 aliphatic heterocycles. The number of benzene rings is 1. The Hall–Kier alpha value is -1.32. The van der Waals surface area contributed by atoms with Gasteiger partial charge in [0.05, 0.1) is 6.26 Å². The monoisotopic (exact) mass is 240 g/mol. The first kappa shape index (κ1) is 11.2. The zero-order chi connectivity index (χ0) is 11.5. The molecule has 1 aromatic heterocycles. The highest BCUT2D eigenvalue weighted by atomic mass is 35.5. The number of furan rings is 1. The Morgan fingerprint density at radius 3 is 2.75 bits per heavy atom. The van der Waals surface area contributed by atoms with E-state index in [9.17, 15) is 9.50 Å². The van der Waals surface area contributed by atoms with E-state index in [0.29, 0.717) is 16.3 Å². The number of hydrogen-bond donors (Lipinski definition) is 1. The zero-order valence-electron chi connectivity index (χ0n) is 8.36. The predicted octanol–water partition coefficient (Wildman–Crippen LogP) is 3.35. The minimum absolute atomic E-state index is 0.0962. The maximum atomic E-state index is 13.4. The molecule has 2 rings (SSSR count). The maximum absolute atomic E-state index is 13.4. The highest BCUT2D eigenvalue weighted by Crippen LogP contribution is 2.25. The quantitative estimate of drug-likeness (QED) is 0.893. The largest absolute Gasteiger partial charge is 0.467 e. The molecule has 0 spiro atoms. The van der Waals surface area contributed by atoms with Crippen molar-refractivity contribution >= 4 is 11.6 Å². The summed E-state index contributed by atoms with van der Waals surface area (Å²) < 4.78 is 18.5. The van der Waals surface area contributed by atoms with Crippen molar-refractivity contribution in [2.24, 2.45) is 0 Å². The standard InChI is InChI=1S/C12H10ClFO2/c13-9-3-1-4-10(14)8(9)7-11(15)12-5-2-6-16-12/h1-6,11,15H,7H2. The number of hydrogen-bond acceptors (Lipinski definition) is 2. The molecular formula is C12H10ClFO2. The average molecular weight is 241 g/mol. The summed E-state index contributed by atoms with van der Waals surface area (Å²) in [6.45, 7) is 0.